The highest BCUT2D eigenvalue weighted by Gasteiger charge is 2.49. The predicted molar refractivity (Wildman–Crippen MR) is 101 cm³/mol. The highest BCUT2D eigenvalue weighted by molar-refractivity contribution is 5.85. The fourth-order valence-electron chi connectivity index (χ4n) is 3.25. The molecule has 3 rings (SSSR count). The first-order chi connectivity index (χ1) is 13.1. The Balaban J connectivity index is 2.20. The average molecular weight is 386 g/mol. The molecular weight excluding hydrogens is 364 g/mol. The number of carbonyl (C=O) groups is 2. The van der Waals surface area contributed by atoms with Gasteiger partial charge in [-0.15, -0.1) is 0 Å². The minimum absolute atomic E-state index is 0.231. The molecule has 1 aromatic carbocycles. The van der Waals surface area contributed by atoms with E-state index in [0.717, 1.165) is 5.57 Å². The molecule has 2 aromatic rings. The number of benzene rings is 1. The van der Waals surface area contributed by atoms with E-state index in [9.17, 15) is 14.4 Å². The zero-order valence-electron chi connectivity index (χ0n) is 16.4. The molecule has 7 nitrogen and oxygen atoms in total. The van der Waals surface area contributed by atoms with Crippen LogP contribution in [0.1, 0.15) is 46.3 Å². The Kier molecular flexibility index (Phi) is 5.02. The molecule has 0 spiro atoms. The second-order valence-electron chi connectivity index (χ2n) is 7.46. The van der Waals surface area contributed by atoms with Crippen LogP contribution in [0.5, 0.6) is 5.75 Å². The fraction of sp³-hybridized carbons (Fsp3) is 0.381. The maximum Gasteiger partial charge on any atom is 0.336 e. The average Bonchev–Trinajstić information content (AvgIpc) is 2.56. The van der Waals surface area contributed by atoms with Crippen molar-refractivity contribution in [2.75, 3.05) is 0 Å². The molecule has 7 heteroatoms. The third kappa shape index (κ3) is 3.78. The van der Waals surface area contributed by atoms with Crippen LogP contribution < -0.4 is 10.4 Å². The van der Waals surface area contributed by atoms with Crippen molar-refractivity contribution in [3.8, 4) is 5.75 Å². The summed E-state index contributed by atoms with van der Waals surface area (Å²) in [7, 11) is 0. The first kappa shape index (κ1) is 19.7. The second kappa shape index (κ2) is 7.14. The largest absolute Gasteiger partial charge is 0.483 e. The summed E-state index contributed by atoms with van der Waals surface area (Å²) in [4.78, 5) is 35.9. The van der Waals surface area contributed by atoms with E-state index in [1.807, 2.05) is 0 Å². The van der Waals surface area contributed by atoms with Crippen molar-refractivity contribution < 1.29 is 28.2 Å². The lowest BCUT2D eigenvalue weighted by Crippen LogP contribution is -2.52. The minimum Gasteiger partial charge on any atom is -0.483 e. The first-order valence-corrected chi connectivity index (χ1v) is 8.87. The number of fused-ring (bicyclic) bond motifs is 3. The number of esters is 2. The summed E-state index contributed by atoms with van der Waals surface area (Å²) in [5, 5.41) is 0.633. The van der Waals surface area contributed by atoms with Crippen LogP contribution >= 0.6 is 0 Å². The van der Waals surface area contributed by atoms with E-state index >= 15 is 0 Å². The Morgan fingerprint density at radius 2 is 1.75 bits per heavy atom. The van der Waals surface area contributed by atoms with Gasteiger partial charge in [-0.2, -0.15) is 0 Å². The van der Waals surface area contributed by atoms with E-state index in [4.69, 9.17) is 18.6 Å². The molecule has 2 atom stereocenters. The van der Waals surface area contributed by atoms with Crippen LogP contribution in [0.25, 0.3) is 11.0 Å². The molecule has 0 saturated heterocycles. The quantitative estimate of drug-likeness (QED) is 0.453. The van der Waals surface area contributed by atoms with Crippen molar-refractivity contribution in [1.29, 1.82) is 0 Å². The van der Waals surface area contributed by atoms with Crippen LogP contribution in [0.15, 0.2) is 45.1 Å². The molecular formula is C21H22O7. The maximum absolute atomic E-state index is 12.3. The summed E-state index contributed by atoms with van der Waals surface area (Å²) in [6.45, 7) is 8.27. The molecule has 1 aliphatic rings. The normalized spacial score (nSPS) is 19.9. The molecule has 0 fully saturated rings. The van der Waals surface area contributed by atoms with Gasteiger partial charge in [-0.3, -0.25) is 4.79 Å². The molecule has 1 aromatic heterocycles. The maximum atomic E-state index is 12.3. The zero-order chi connectivity index (χ0) is 20.6. The molecule has 28 heavy (non-hydrogen) atoms. The number of ether oxygens (including phenoxy) is 3. The van der Waals surface area contributed by atoms with Gasteiger partial charge in [0, 0.05) is 24.5 Å². The molecule has 0 N–H and O–H groups in total. The number of carbonyl (C=O) groups excluding carboxylic acids is 2. The summed E-state index contributed by atoms with van der Waals surface area (Å²) in [5.74, 6) is -0.747. The molecule has 0 radical (unpaired) electrons. The smallest absolute Gasteiger partial charge is 0.336 e. The Morgan fingerprint density at radius 1 is 1.07 bits per heavy atom. The molecule has 0 aliphatic carbocycles. The second-order valence-corrected chi connectivity index (χ2v) is 7.46. The van der Waals surface area contributed by atoms with Gasteiger partial charge in [-0.1, -0.05) is 5.57 Å². The third-order valence-corrected chi connectivity index (χ3v) is 4.35. The highest BCUT2D eigenvalue weighted by Crippen LogP contribution is 2.46. The lowest BCUT2D eigenvalue weighted by atomic mass is 9.87. The van der Waals surface area contributed by atoms with Gasteiger partial charge in [-0.25, -0.2) is 9.59 Å². The summed E-state index contributed by atoms with van der Waals surface area (Å²) < 4.78 is 22.6. The number of rotatable bonds is 3. The number of hydrogen-bond acceptors (Lipinski definition) is 7. The van der Waals surface area contributed by atoms with Crippen LogP contribution in [0.4, 0.5) is 0 Å². The Bertz CT molecular complexity index is 1020. The third-order valence-electron chi connectivity index (χ3n) is 4.35. The van der Waals surface area contributed by atoms with E-state index < -0.39 is 35.4 Å². The lowest BCUT2D eigenvalue weighted by molar-refractivity contribution is -0.185. The van der Waals surface area contributed by atoms with Crippen molar-refractivity contribution >= 4 is 22.9 Å². The van der Waals surface area contributed by atoms with Gasteiger partial charge in [0.05, 0.1) is 5.56 Å². The summed E-state index contributed by atoms with van der Waals surface area (Å²) in [6.07, 6.45) is -0.609. The summed E-state index contributed by atoms with van der Waals surface area (Å²) in [5.41, 5.74) is -0.193. The number of hydrogen-bond donors (Lipinski definition) is 0. The Morgan fingerprint density at radius 3 is 2.39 bits per heavy atom. The standard InChI is InChI=1S/C21H22O7/c1-11(2)10-16(24)27-20-19(25-12(3)22)17-14(28-21(20,4)5)8-6-13-7-9-15(23)26-18(13)17/h6-10,19-20H,1-5H3. The monoisotopic (exact) mass is 386 g/mol. The molecule has 0 bridgehead atoms. The van der Waals surface area contributed by atoms with Crippen molar-refractivity contribution in [2.24, 2.45) is 0 Å². The van der Waals surface area contributed by atoms with E-state index in [-0.39, 0.29) is 5.58 Å². The van der Waals surface area contributed by atoms with Gasteiger partial charge < -0.3 is 18.6 Å². The van der Waals surface area contributed by atoms with Gasteiger partial charge in [0.1, 0.15) is 16.9 Å². The highest BCUT2D eigenvalue weighted by atomic mass is 16.6. The van der Waals surface area contributed by atoms with E-state index in [1.165, 1.54) is 19.1 Å². The van der Waals surface area contributed by atoms with Gasteiger partial charge in [0.2, 0.25) is 0 Å². The fourth-order valence-corrected chi connectivity index (χ4v) is 3.25. The van der Waals surface area contributed by atoms with E-state index in [1.54, 1.807) is 45.9 Å². The molecule has 2 heterocycles. The number of allylic oxidation sites excluding steroid dienone is 1. The van der Waals surface area contributed by atoms with Crippen molar-refractivity contribution in [3.63, 3.8) is 0 Å². The van der Waals surface area contributed by atoms with Crippen molar-refractivity contribution in [1.82, 2.24) is 0 Å². The van der Waals surface area contributed by atoms with Crippen LogP contribution in [-0.4, -0.2) is 23.6 Å². The molecule has 0 amide bonds. The summed E-state index contributed by atoms with van der Waals surface area (Å²) in [6, 6.07) is 6.36. The van der Waals surface area contributed by atoms with E-state index in [2.05, 4.69) is 0 Å². The SMILES string of the molecule is CC(=O)OC1c2c(ccc3ccc(=O)oc23)OC(C)(C)C1OC(=O)C=C(C)C. The summed E-state index contributed by atoms with van der Waals surface area (Å²) >= 11 is 0. The molecule has 0 saturated carbocycles. The van der Waals surface area contributed by atoms with Gasteiger partial charge in [0.25, 0.3) is 0 Å². The van der Waals surface area contributed by atoms with E-state index in [0.29, 0.717) is 16.7 Å². The van der Waals surface area contributed by atoms with Crippen LogP contribution in [-0.2, 0) is 19.1 Å². The zero-order valence-corrected chi connectivity index (χ0v) is 16.4. The molecule has 1 aliphatic heterocycles. The molecule has 148 valence electrons. The van der Waals surface area contributed by atoms with Crippen LogP contribution in [0, 0.1) is 0 Å². The van der Waals surface area contributed by atoms with Crippen molar-refractivity contribution in [2.45, 2.75) is 52.4 Å². The van der Waals surface area contributed by atoms with Gasteiger partial charge in [0.15, 0.2) is 12.2 Å². The Labute approximate surface area is 161 Å². The van der Waals surface area contributed by atoms with Gasteiger partial charge >= 0.3 is 17.6 Å². The van der Waals surface area contributed by atoms with Crippen LogP contribution in [0.2, 0.25) is 0 Å². The lowest BCUT2D eigenvalue weighted by Gasteiger charge is -2.43. The predicted octanol–water partition coefficient (Wildman–Crippen LogP) is 3.45. The van der Waals surface area contributed by atoms with Gasteiger partial charge in [-0.05, 0) is 45.9 Å². The molecule has 2 unspecified atom stereocenters. The topological polar surface area (TPSA) is 92.0 Å². The Hall–Kier alpha value is -3.09. The van der Waals surface area contributed by atoms with Crippen molar-refractivity contribution in [3.05, 3.63) is 51.9 Å². The first-order valence-electron chi connectivity index (χ1n) is 8.87. The minimum atomic E-state index is -1.000. The van der Waals surface area contributed by atoms with Crippen LogP contribution in [0.3, 0.4) is 0 Å².